The van der Waals surface area contributed by atoms with Crippen LogP contribution in [0.4, 0.5) is 10.1 Å². The topological polar surface area (TPSA) is 74.2 Å². The predicted molar refractivity (Wildman–Crippen MR) is 59.5 cm³/mol. The lowest BCUT2D eigenvalue weighted by Gasteiger charge is -2.01. The van der Waals surface area contributed by atoms with Gasteiger partial charge in [-0.3, -0.25) is 0 Å². The van der Waals surface area contributed by atoms with Crippen molar-refractivity contribution in [2.24, 2.45) is 0 Å². The van der Waals surface area contributed by atoms with E-state index in [1.165, 1.54) is 19.2 Å². The van der Waals surface area contributed by atoms with Crippen molar-refractivity contribution in [3.05, 3.63) is 29.8 Å². The number of nitrogen functional groups attached to an aromatic ring is 1. The van der Waals surface area contributed by atoms with E-state index in [4.69, 9.17) is 15.0 Å². The van der Waals surface area contributed by atoms with Gasteiger partial charge in [0.15, 0.2) is 0 Å². The lowest BCUT2D eigenvalue weighted by atomic mass is 10.2. The van der Waals surface area contributed by atoms with E-state index in [2.05, 4.69) is 10.1 Å². The number of anilines is 1. The highest BCUT2D eigenvalue weighted by atomic mass is 19.1. The molecule has 5 nitrogen and oxygen atoms in total. The molecule has 2 aromatic rings. The summed E-state index contributed by atoms with van der Waals surface area (Å²) < 4.78 is 23.6. The largest absolute Gasteiger partial charge is 0.399 e. The SMILES string of the molecule is COC(C)c1noc(-c2ccc(N)cc2F)n1. The minimum atomic E-state index is -0.495. The van der Waals surface area contributed by atoms with Crippen molar-refractivity contribution >= 4 is 5.69 Å². The number of benzene rings is 1. The second-order valence-electron chi connectivity index (χ2n) is 3.57. The molecule has 0 saturated heterocycles. The van der Waals surface area contributed by atoms with Crippen LogP contribution in [0.1, 0.15) is 18.9 Å². The second-order valence-corrected chi connectivity index (χ2v) is 3.57. The van der Waals surface area contributed by atoms with Crippen LogP contribution in [0.3, 0.4) is 0 Å². The number of hydrogen-bond donors (Lipinski definition) is 1. The summed E-state index contributed by atoms with van der Waals surface area (Å²) in [5.74, 6) is -0.00889. The lowest BCUT2D eigenvalue weighted by molar-refractivity contribution is 0.109. The fourth-order valence-corrected chi connectivity index (χ4v) is 1.32. The molecule has 1 atom stereocenters. The van der Waals surface area contributed by atoms with Crippen LogP contribution in [0.5, 0.6) is 0 Å². The van der Waals surface area contributed by atoms with E-state index in [0.29, 0.717) is 11.5 Å². The molecule has 0 spiro atoms. The maximum absolute atomic E-state index is 13.6. The zero-order chi connectivity index (χ0) is 12.4. The fourth-order valence-electron chi connectivity index (χ4n) is 1.32. The second kappa shape index (κ2) is 4.50. The van der Waals surface area contributed by atoms with Gasteiger partial charge in [0.05, 0.1) is 5.56 Å². The summed E-state index contributed by atoms with van der Waals surface area (Å²) in [7, 11) is 1.53. The van der Waals surface area contributed by atoms with Gasteiger partial charge in [-0.25, -0.2) is 4.39 Å². The van der Waals surface area contributed by atoms with E-state index in [1.807, 2.05) is 0 Å². The van der Waals surface area contributed by atoms with Crippen LogP contribution in [0.25, 0.3) is 11.5 Å². The Morgan fingerprint density at radius 3 is 2.88 bits per heavy atom. The quantitative estimate of drug-likeness (QED) is 0.828. The molecule has 17 heavy (non-hydrogen) atoms. The van der Waals surface area contributed by atoms with Crippen molar-refractivity contribution in [1.29, 1.82) is 0 Å². The van der Waals surface area contributed by atoms with E-state index in [9.17, 15) is 4.39 Å². The number of nitrogens with zero attached hydrogens (tertiary/aromatic N) is 2. The van der Waals surface area contributed by atoms with Crippen LogP contribution in [0.15, 0.2) is 22.7 Å². The average molecular weight is 237 g/mol. The molecule has 0 aliphatic rings. The molecule has 2 rings (SSSR count). The van der Waals surface area contributed by atoms with Gasteiger partial charge in [-0.2, -0.15) is 4.98 Å². The summed E-state index contributed by atoms with van der Waals surface area (Å²) in [6.45, 7) is 1.77. The van der Waals surface area contributed by atoms with Crippen LogP contribution in [-0.2, 0) is 4.74 Å². The van der Waals surface area contributed by atoms with Crippen LogP contribution >= 0.6 is 0 Å². The first-order chi connectivity index (χ1) is 8.11. The first kappa shape index (κ1) is 11.5. The Morgan fingerprint density at radius 2 is 2.24 bits per heavy atom. The molecule has 0 aliphatic carbocycles. The summed E-state index contributed by atoms with van der Waals surface area (Å²) in [4.78, 5) is 4.06. The zero-order valence-electron chi connectivity index (χ0n) is 9.48. The number of methoxy groups -OCH3 is 1. The van der Waals surface area contributed by atoms with Crippen molar-refractivity contribution in [3.63, 3.8) is 0 Å². The molecule has 1 aromatic carbocycles. The Morgan fingerprint density at radius 1 is 1.47 bits per heavy atom. The number of aromatic nitrogens is 2. The van der Waals surface area contributed by atoms with E-state index < -0.39 is 5.82 Å². The number of ether oxygens (including phenoxy) is 1. The Kier molecular flexibility index (Phi) is 3.06. The maximum Gasteiger partial charge on any atom is 0.260 e. The minimum absolute atomic E-state index is 0.112. The normalized spacial score (nSPS) is 12.6. The summed E-state index contributed by atoms with van der Waals surface area (Å²) in [5.41, 5.74) is 6.02. The third kappa shape index (κ3) is 2.26. The molecule has 2 N–H and O–H groups in total. The summed E-state index contributed by atoms with van der Waals surface area (Å²) in [6.07, 6.45) is -0.302. The van der Waals surface area contributed by atoms with Gasteiger partial charge in [0.25, 0.3) is 5.89 Å². The fraction of sp³-hybridized carbons (Fsp3) is 0.273. The van der Waals surface area contributed by atoms with Gasteiger partial charge in [-0.05, 0) is 25.1 Å². The molecule has 0 bridgehead atoms. The van der Waals surface area contributed by atoms with Gasteiger partial charge in [0.1, 0.15) is 11.9 Å². The zero-order valence-corrected chi connectivity index (χ0v) is 9.48. The van der Waals surface area contributed by atoms with E-state index in [1.54, 1.807) is 13.0 Å². The molecule has 0 radical (unpaired) electrons. The summed E-state index contributed by atoms with van der Waals surface area (Å²) >= 11 is 0. The average Bonchev–Trinajstić information content (AvgIpc) is 2.77. The molecule has 90 valence electrons. The van der Waals surface area contributed by atoms with Crippen molar-refractivity contribution in [1.82, 2.24) is 10.1 Å². The standard InChI is InChI=1S/C11H12FN3O2/c1-6(16-2)10-14-11(17-15-10)8-4-3-7(13)5-9(8)12/h3-6H,13H2,1-2H3. The van der Waals surface area contributed by atoms with Crippen molar-refractivity contribution < 1.29 is 13.7 Å². The van der Waals surface area contributed by atoms with Crippen LogP contribution in [-0.4, -0.2) is 17.3 Å². The van der Waals surface area contributed by atoms with Crippen molar-refractivity contribution in [2.45, 2.75) is 13.0 Å². The Balaban J connectivity index is 2.37. The molecule has 6 heteroatoms. The molecular formula is C11H12FN3O2. The number of rotatable bonds is 3. The third-order valence-corrected chi connectivity index (χ3v) is 2.38. The first-order valence-corrected chi connectivity index (χ1v) is 5.03. The highest BCUT2D eigenvalue weighted by Gasteiger charge is 2.16. The van der Waals surface area contributed by atoms with Gasteiger partial charge >= 0.3 is 0 Å². The Bertz CT molecular complexity index is 527. The number of hydrogen-bond acceptors (Lipinski definition) is 5. The Hall–Kier alpha value is -1.95. The van der Waals surface area contributed by atoms with E-state index in [0.717, 1.165) is 0 Å². The molecule has 1 unspecified atom stereocenters. The number of halogens is 1. The predicted octanol–water partition coefficient (Wildman–Crippen LogP) is 2.17. The molecule has 1 aromatic heterocycles. The maximum atomic E-state index is 13.6. The van der Waals surface area contributed by atoms with Gasteiger partial charge in [0.2, 0.25) is 5.82 Å². The highest BCUT2D eigenvalue weighted by molar-refractivity contribution is 5.58. The molecule has 1 heterocycles. The monoisotopic (exact) mass is 237 g/mol. The van der Waals surface area contributed by atoms with Crippen molar-refractivity contribution in [3.8, 4) is 11.5 Å². The van der Waals surface area contributed by atoms with Crippen LogP contribution < -0.4 is 5.73 Å². The highest BCUT2D eigenvalue weighted by Crippen LogP contribution is 2.24. The molecule has 0 fully saturated rings. The first-order valence-electron chi connectivity index (χ1n) is 5.03. The third-order valence-electron chi connectivity index (χ3n) is 2.38. The molecule has 0 aliphatic heterocycles. The molecule has 0 amide bonds. The van der Waals surface area contributed by atoms with Crippen molar-refractivity contribution in [2.75, 3.05) is 12.8 Å². The smallest absolute Gasteiger partial charge is 0.260 e. The van der Waals surface area contributed by atoms with Gasteiger partial charge in [0, 0.05) is 12.8 Å². The lowest BCUT2D eigenvalue weighted by Crippen LogP contribution is -1.98. The van der Waals surface area contributed by atoms with Gasteiger partial charge < -0.3 is 15.0 Å². The van der Waals surface area contributed by atoms with Crippen LogP contribution in [0.2, 0.25) is 0 Å². The molecular weight excluding hydrogens is 225 g/mol. The Labute approximate surface area is 97.4 Å². The number of nitrogens with two attached hydrogens (primary N) is 1. The van der Waals surface area contributed by atoms with E-state index in [-0.39, 0.29) is 17.6 Å². The van der Waals surface area contributed by atoms with E-state index >= 15 is 0 Å². The molecule has 0 saturated carbocycles. The summed E-state index contributed by atoms with van der Waals surface area (Å²) in [5, 5.41) is 3.72. The van der Waals surface area contributed by atoms with Gasteiger partial charge in [-0.1, -0.05) is 5.16 Å². The summed E-state index contributed by atoms with van der Waals surface area (Å²) in [6, 6.07) is 4.28. The van der Waals surface area contributed by atoms with Gasteiger partial charge in [-0.15, -0.1) is 0 Å². The minimum Gasteiger partial charge on any atom is -0.399 e. The van der Waals surface area contributed by atoms with Crippen LogP contribution in [0, 0.1) is 5.82 Å².